The van der Waals surface area contributed by atoms with E-state index in [1.807, 2.05) is 48.5 Å². The summed E-state index contributed by atoms with van der Waals surface area (Å²) in [5, 5.41) is 3.05. The molecule has 0 aromatic heterocycles. The van der Waals surface area contributed by atoms with Gasteiger partial charge in [0.1, 0.15) is 11.5 Å². The van der Waals surface area contributed by atoms with Crippen LogP contribution in [-0.2, 0) is 10.2 Å². The summed E-state index contributed by atoms with van der Waals surface area (Å²) in [4.78, 5) is 12.1. The molecule has 1 amide bonds. The second-order valence-corrected chi connectivity index (χ2v) is 6.17. The largest absolute Gasteiger partial charge is 0.496 e. The minimum Gasteiger partial charge on any atom is -0.496 e. The molecule has 24 heavy (non-hydrogen) atoms. The average Bonchev–Trinajstić information content (AvgIpc) is 3.42. The monoisotopic (exact) mass is 325 g/mol. The first-order valence-corrected chi connectivity index (χ1v) is 8.32. The third kappa shape index (κ3) is 3.88. The number of amides is 1. The molecule has 1 fully saturated rings. The van der Waals surface area contributed by atoms with E-state index in [4.69, 9.17) is 9.47 Å². The molecule has 4 nitrogen and oxygen atoms in total. The lowest BCUT2D eigenvalue weighted by Gasteiger charge is -2.19. The van der Waals surface area contributed by atoms with Gasteiger partial charge < -0.3 is 14.8 Å². The first-order chi connectivity index (χ1) is 11.7. The molecule has 4 heteroatoms. The summed E-state index contributed by atoms with van der Waals surface area (Å²) in [6, 6.07) is 17.6. The first kappa shape index (κ1) is 16.4. The van der Waals surface area contributed by atoms with E-state index in [0.29, 0.717) is 19.6 Å². The van der Waals surface area contributed by atoms with Crippen molar-refractivity contribution < 1.29 is 14.3 Å². The number of benzene rings is 2. The first-order valence-electron chi connectivity index (χ1n) is 8.32. The van der Waals surface area contributed by atoms with Crippen molar-refractivity contribution >= 4 is 5.91 Å². The van der Waals surface area contributed by atoms with E-state index in [0.717, 1.165) is 24.3 Å². The van der Waals surface area contributed by atoms with Gasteiger partial charge in [0.15, 0.2) is 0 Å². The number of methoxy groups -OCH3 is 1. The van der Waals surface area contributed by atoms with Crippen LogP contribution in [0.5, 0.6) is 11.5 Å². The minimum atomic E-state index is 0.0205. The molecule has 0 aliphatic heterocycles. The van der Waals surface area contributed by atoms with Gasteiger partial charge in [0.25, 0.3) is 0 Å². The molecule has 2 aromatic rings. The molecule has 2 aromatic carbocycles. The fraction of sp³-hybridized carbons (Fsp3) is 0.350. The highest BCUT2D eigenvalue weighted by Gasteiger charge is 2.46. The Labute approximate surface area is 142 Å². The molecule has 0 saturated heterocycles. The quantitative estimate of drug-likeness (QED) is 0.810. The summed E-state index contributed by atoms with van der Waals surface area (Å²) >= 11 is 0. The predicted octanol–water partition coefficient (Wildman–Crippen LogP) is 3.31. The molecule has 1 aliphatic rings. The molecule has 0 radical (unpaired) electrons. The fourth-order valence-corrected chi connectivity index (χ4v) is 2.91. The highest BCUT2D eigenvalue weighted by atomic mass is 16.5. The Hall–Kier alpha value is -2.49. The standard InChI is InChI=1S/C20H23NO3/c1-23-18-10-6-5-9-17(18)20(12-13-20)15-21-19(22)11-14-24-16-7-3-2-4-8-16/h2-10H,11-15H2,1H3,(H,21,22). The normalized spacial score (nSPS) is 14.7. The molecular formula is C20H23NO3. The van der Waals surface area contributed by atoms with Gasteiger partial charge in [-0.1, -0.05) is 36.4 Å². The molecule has 1 N–H and O–H groups in total. The molecule has 0 bridgehead atoms. The Bertz CT molecular complexity index is 680. The molecule has 126 valence electrons. The molecule has 1 aliphatic carbocycles. The number of ether oxygens (including phenoxy) is 2. The van der Waals surface area contributed by atoms with E-state index in [2.05, 4.69) is 11.4 Å². The minimum absolute atomic E-state index is 0.0205. The van der Waals surface area contributed by atoms with Crippen molar-refractivity contribution in [1.82, 2.24) is 5.32 Å². The number of hydrogen-bond donors (Lipinski definition) is 1. The number of para-hydroxylation sites is 2. The summed E-state index contributed by atoms with van der Waals surface area (Å²) in [6.45, 7) is 1.04. The second kappa shape index (κ2) is 7.39. The van der Waals surface area contributed by atoms with Gasteiger partial charge >= 0.3 is 0 Å². The van der Waals surface area contributed by atoms with Crippen LogP contribution >= 0.6 is 0 Å². The Kier molecular flexibility index (Phi) is 5.04. The summed E-state index contributed by atoms with van der Waals surface area (Å²) in [7, 11) is 1.69. The van der Waals surface area contributed by atoms with Crippen molar-refractivity contribution in [3.8, 4) is 11.5 Å². The van der Waals surface area contributed by atoms with E-state index in [9.17, 15) is 4.79 Å². The van der Waals surface area contributed by atoms with Gasteiger partial charge in [-0.2, -0.15) is 0 Å². The summed E-state index contributed by atoms with van der Waals surface area (Å²) in [5.41, 5.74) is 1.22. The zero-order chi connectivity index (χ0) is 16.8. The fourth-order valence-electron chi connectivity index (χ4n) is 2.91. The molecule has 0 unspecified atom stereocenters. The summed E-state index contributed by atoms with van der Waals surface area (Å²) < 4.78 is 11.0. The van der Waals surface area contributed by atoms with Crippen molar-refractivity contribution in [3.63, 3.8) is 0 Å². The van der Waals surface area contributed by atoms with Gasteiger partial charge in [0.05, 0.1) is 20.1 Å². The van der Waals surface area contributed by atoms with Crippen LogP contribution in [0.2, 0.25) is 0 Å². The van der Waals surface area contributed by atoms with E-state index in [1.165, 1.54) is 5.56 Å². The Morgan fingerprint density at radius 3 is 2.50 bits per heavy atom. The van der Waals surface area contributed by atoms with Crippen LogP contribution < -0.4 is 14.8 Å². The Morgan fingerprint density at radius 1 is 1.08 bits per heavy atom. The van der Waals surface area contributed by atoms with Gasteiger partial charge in [-0.15, -0.1) is 0 Å². The Morgan fingerprint density at radius 2 is 1.79 bits per heavy atom. The van der Waals surface area contributed by atoms with Gasteiger partial charge in [-0.05, 0) is 31.0 Å². The van der Waals surface area contributed by atoms with Crippen LogP contribution in [0.4, 0.5) is 0 Å². The van der Waals surface area contributed by atoms with E-state index in [1.54, 1.807) is 7.11 Å². The molecule has 1 saturated carbocycles. The lowest BCUT2D eigenvalue weighted by molar-refractivity contribution is -0.121. The SMILES string of the molecule is COc1ccccc1C1(CNC(=O)CCOc2ccccc2)CC1. The predicted molar refractivity (Wildman–Crippen MR) is 93.5 cm³/mol. The van der Waals surface area contributed by atoms with Crippen LogP contribution in [0, 0.1) is 0 Å². The Balaban J connectivity index is 1.47. The van der Waals surface area contributed by atoms with Crippen LogP contribution in [0.15, 0.2) is 54.6 Å². The van der Waals surface area contributed by atoms with Crippen LogP contribution in [0.1, 0.15) is 24.8 Å². The van der Waals surface area contributed by atoms with E-state index in [-0.39, 0.29) is 11.3 Å². The van der Waals surface area contributed by atoms with Gasteiger partial charge in [0.2, 0.25) is 5.91 Å². The number of carbonyl (C=O) groups is 1. The lowest BCUT2D eigenvalue weighted by Crippen LogP contribution is -2.33. The van der Waals surface area contributed by atoms with E-state index >= 15 is 0 Å². The third-order valence-electron chi connectivity index (χ3n) is 4.50. The maximum absolute atomic E-state index is 12.1. The topological polar surface area (TPSA) is 47.6 Å². The smallest absolute Gasteiger partial charge is 0.223 e. The average molecular weight is 325 g/mol. The zero-order valence-electron chi connectivity index (χ0n) is 14.0. The third-order valence-corrected chi connectivity index (χ3v) is 4.50. The highest BCUT2D eigenvalue weighted by molar-refractivity contribution is 5.76. The van der Waals surface area contributed by atoms with Crippen molar-refractivity contribution in [2.75, 3.05) is 20.3 Å². The molecule has 0 spiro atoms. The molecule has 3 rings (SSSR count). The highest BCUT2D eigenvalue weighted by Crippen LogP contribution is 2.50. The summed E-state index contributed by atoms with van der Waals surface area (Å²) in [5.74, 6) is 1.71. The van der Waals surface area contributed by atoms with Crippen LogP contribution in [-0.4, -0.2) is 26.2 Å². The summed E-state index contributed by atoms with van der Waals surface area (Å²) in [6.07, 6.45) is 2.51. The second-order valence-electron chi connectivity index (χ2n) is 6.17. The van der Waals surface area contributed by atoms with Crippen molar-refractivity contribution in [2.24, 2.45) is 0 Å². The number of carbonyl (C=O) groups excluding carboxylic acids is 1. The molecule has 0 heterocycles. The number of nitrogens with one attached hydrogen (secondary N) is 1. The van der Waals surface area contributed by atoms with Crippen LogP contribution in [0.3, 0.4) is 0 Å². The van der Waals surface area contributed by atoms with E-state index < -0.39 is 0 Å². The number of hydrogen-bond acceptors (Lipinski definition) is 3. The maximum Gasteiger partial charge on any atom is 0.223 e. The van der Waals surface area contributed by atoms with Gasteiger partial charge in [-0.25, -0.2) is 0 Å². The van der Waals surface area contributed by atoms with Gasteiger partial charge in [-0.3, -0.25) is 4.79 Å². The van der Waals surface area contributed by atoms with Crippen LogP contribution in [0.25, 0.3) is 0 Å². The molecule has 0 atom stereocenters. The van der Waals surface area contributed by atoms with Crippen molar-refractivity contribution in [3.05, 3.63) is 60.2 Å². The maximum atomic E-state index is 12.1. The van der Waals surface area contributed by atoms with Gasteiger partial charge in [0, 0.05) is 17.5 Å². The van der Waals surface area contributed by atoms with Crippen molar-refractivity contribution in [1.29, 1.82) is 0 Å². The zero-order valence-corrected chi connectivity index (χ0v) is 14.0. The van der Waals surface area contributed by atoms with Crippen molar-refractivity contribution in [2.45, 2.75) is 24.7 Å². The lowest BCUT2D eigenvalue weighted by atomic mass is 9.95. The molecular weight excluding hydrogens is 302 g/mol. The number of rotatable bonds is 8.